The fourth-order valence-electron chi connectivity index (χ4n) is 0. The first-order valence-corrected chi connectivity index (χ1v) is 1.41. The summed E-state index contributed by atoms with van der Waals surface area (Å²) < 4.78 is 0. The van der Waals surface area contributed by atoms with Gasteiger partial charge in [0, 0.05) is 0 Å². The summed E-state index contributed by atoms with van der Waals surface area (Å²) in [6.07, 6.45) is 2.00. The number of nitrogens with two attached hydrogens (primary N) is 1. The molecule has 0 heterocycles. The maximum absolute atomic E-state index is 7.33. The maximum Gasteiger partial charge on any atom is 0.0719 e. The van der Waals surface area contributed by atoms with Crippen molar-refractivity contribution < 1.29 is 5.11 Å². The van der Waals surface area contributed by atoms with E-state index >= 15 is 0 Å². The minimum atomic E-state index is 0.750. The second kappa shape index (κ2) is 33.2. The molecule has 0 aliphatic rings. The Kier molecular flexibility index (Phi) is 49.3. The highest BCUT2D eigenvalue weighted by Crippen LogP contribution is 1.26. The Hall–Kier alpha value is -0.920. The van der Waals surface area contributed by atoms with E-state index in [1.165, 1.54) is 6.20 Å². The van der Waals surface area contributed by atoms with Crippen molar-refractivity contribution in [3.05, 3.63) is 25.6 Å². The van der Waals surface area contributed by atoms with Crippen molar-refractivity contribution in [1.82, 2.24) is 0 Å². The fraction of sp³-hybridized carbons (Fsp3) is 0. The van der Waals surface area contributed by atoms with Gasteiger partial charge >= 0.3 is 0 Å². The zero-order valence-corrected chi connectivity index (χ0v) is 3.59. The lowest BCUT2D eigenvalue weighted by molar-refractivity contribution is 0.476. The van der Waals surface area contributed by atoms with Crippen molar-refractivity contribution in [3.8, 4) is 0 Å². The Morgan fingerprint density at radius 3 is 1.50 bits per heavy atom. The molecule has 0 saturated carbocycles. The average Bonchev–Trinajstić information content (AvgIpc) is 1.39. The fourth-order valence-corrected chi connectivity index (χ4v) is 0. The summed E-state index contributed by atoms with van der Waals surface area (Å²) in [5.41, 5.74) is 4.61. The van der Waals surface area contributed by atoms with Gasteiger partial charge in [0.15, 0.2) is 0 Å². The van der Waals surface area contributed by atoms with E-state index in [4.69, 9.17) is 5.11 Å². The zero-order valence-electron chi connectivity index (χ0n) is 3.59. The van der Waals surface area contributed by atoms with E-state index in [2.05, 4.69) is 18.9 Å². The van der Waals surface area contributed by atoms with Crippen molar-refractivity contribution in [3.63, 3.8) is 0 Å². The predicted molar refractivity (Wildman–Crippen MR) is 27.2 cm³/mol. The predicted octanol–water partition coefficient (Wildman–Crippen LogP) is 0.777. The molecule has 0 fully saturated rings. The van der Waals surface area contributed by atoms with Gasteiger partial charge in [-0.25, -0.2) is 0 Å². The van der Waals surface area contributed by atoms with E-state index < -0.39 is 0 Å². The smallest absolute Gasteiger partial charge is 0.0719 e. The summed E-state index contributed by atoms with van der Waals surface area (Å²) >= 11 is 0. The lowest BCUT2D eigenvalue weighted by atomic mass is 11.1. The van der Waals surface area contributed by atoms with Crippen LogP contribution in [0, 0.1) is 0 Å². The summed E-state index contributed by atoms with van der Waals surface area (Å²) in [6, 6.07) is 0. The molecule has 0 aliphatic heterocycles. The Labute approximate surface area is 37.6 Å². The molecule has 36 valence electrons. The van der Waals surface area contributed by atoms with Crippen LogP contribution in [0.1, 0.15) is 0 Å². The maximum atomic E-state index is 7.33. The molecule has 0 aromatic carbocycles. The van der Waals surface area contributed by atoms with Crippen molar-refractivity contribution in [2.75, 3.05) is 0 Å². The quantitative estimate of drug-likeness (QED) is 0.429. The molecule has 0 spiro atoms. The third kappa shape index (κ3) is 15.7. The van der Waals surface area contributed by atoms with Gasteiger partial charge in [0.1, 0.15) is 0 Å². The van der Waals surface area contributed by atoms with Crippen LogP contribution >= 0.6 is 0 Å². The molecule has 0 unspecified atom stereocenters. The summed E-state index contributed by atoms with van der Waals surface area (Å²) in [4.78, 5) is 0. The largest absolute Gasteiger partial charge is 0.516 e. The first kappa shape index (κ1) is 8.91. The normalized spacial score (nSPS) is 4.00. The van der Waals surface area contributed by atoms with Gasteiger partial charge in [-0.3, -0.25) is 0 Å². The molecular weight excluding hydrogens is 78.0 g/mol. The molecule has 2 heteroatoms. The molecule has 3 N–H and O–H groups in total. The molecule has 6 heavy (non-hydrogen) atoms. The minimum Gasteiger partial charge on any atom is -0.516 e. The summed E-state index contributed by atoms with van der Waals surface area (Å²) in [5.74, 6) is 0. The molecule has 0 amide bonds. The van der Waals surface area contributed by atoms with Crippen LogP contribution in [0.2, 0.25) is 0 Å². The van der Waals surface area contributed by atoms with Gasteiger partial charge in [-0.2, -0.15) is 0 Å². The molecule has 0 aromatic rings. The molecule has 0 atom stereocenters. The average molecular weight is 87.1 g/mol. The lowest BCUT2D eigenvalue weighted by Crippen LogP contribution is -1.67. The van der Waals surface area contributed by atoms with Crippen LogP contribution in [-0.2, 0) is 0 Å². The summed E-state index contributed by atoms with van der Waals surface area (Å²) in [7, 11) is 0. The SMILES string of the molecule is C=CN.C=CO. The highest BCUT2D eigenvalue weighted by atomic mass is 16.2. The van der Waals surface area contributed by atoms with E-state index in [9.17, 15) is 0 Å². The van der Waals surface area contributed by atoms with Crippen LogP contribution in [0.5, 0.6) is 0 Å². The summed E-state index contributed by atoms with van der Waals surface area (Å²) in [5, 5.41) is 7.33. The van der Waals surface area contributed by atoms with Gasteiger partial charge in [0.2, 0.25) is 0 Å². The van der Waals surface area contributed by atoms with Gasteiger partial charge in [0.05, 0.1) is 6.26 Å². The molecule has 0 saturated heterocycles. The first-order valence-electron chi connectivity index (χ1n) is 1.41. The molecule has 0 radical (unpaired) electrons. The van der Waals surface area contributed by atoms with Crippen LogP contribution in [0.4, 0.5) is 0 Å². The van der Waals surface area contributed by atoms with E-state index in [0.717, 1.165) is 6.26 Å². The van der Waals surface area contributed by atoms with Gasteiger partial charge < -0.3 is 10.8 Å². The van der Waals surface area contributed by atoms with Gasteiger partial charge in [-0.1, -0.05) is 13.2 Å². The number of rotatable bonds is 0. The first-order chi connectivity index (χ1) is 2.83. The van der Waals surface area contributed by atoms with Crippen molar-refractivity contribution in [2.24, 2.45) is 5.73 Å². The lowest BCUT2D eigenvalue weighted by Gasteiger charge is -1.41. The molecule has 0 rings (SSSR count). The molecule has 2 nitrogen and oxygen atoms in total. The van der Waals surface area contributed by atoms with Crippen LogP contribution < -0.4 is 5.73 Å². The Morgan fingerprint density at radius 2 is 1.50 bits per heavy atom. The van der Waals surface area contributed by atoms with Crippen molar-refractivity contribution in [1.29, 1.82) is 0 Å². The topological polar surface area (TPSA) is 46.2 Å². The van der Waals surface area contributed by atoms with Crippen LogP contribution in [0.15, 0.2) is 25.6 Å². The highest BCUT2D eigenvalue weighted by Gasteiger charge is 1.11. The second-order valence-electron chi connectivity index (χ2n) is 0.418. The number of hydrogen-bond acceptors (Lipinski definition) is 2. The second-order valence-corrected chi connectivity index (χ2v) is 0.418. The van der Waals surface area contributed by atoms with Gasteiger partial charge in [-0.05, 0) is 6.20 Å². The van der Waals surface area contributed by atoms with Gasteiger partial charge in [0.25, 0.3) is 0 Å². The van der Waals surface area contributed by atoms with E-state index in [-0.39, 0.29) is 0 Å². The van der Waals surface area contributed by atoms with Crippen molar-refractivity contribution in [2.45, 2.75) is 0 Å². The van der Waals surface area contributed by atoms with Crippen LogP contribution in [0.25, 0.3) is 0 Å². The van der Waals surface area contributed by atoms with E-state index in [1.807, 2.05) is 0 Å². The Balaban J connectivity index is 0. The monoisotopic (exact) mass is 87.1 g/mol. The molecule has 0 aromatic heterocycles. The third-order valence-electron chi connectivity index (χ3n) is 0. The molecule has 0 aliphatic carbocycles. The van der Waals surface area contributed by atoms with Gasteiger partial charge in [-0.15, -0.1) is 0 Å². The number of aliphatic hydroxyl groups excluding tert-OH is 1. The van der Waals surface area contributed by atoms with E-state index in [0.29, 0.717) is 0 Å². The van der Waals surface area contributed by atoms with Crippen molar-refractivity contribution >= 4 is 0 Å². The number of hydrogen-bond donors (Lipinski definition) is 2. The Bertz CT molecular complexity index is 28.5. The van der Waals surface area contributed by atoms with Crippen LogP contribution in [-0.4, -0.2) is 5.11 Å². The molecular formula is C4H9NO. The molecule has 0 bridgehead atoms. The zero-order chi connectivity index (χ0) is 5.41. The van der Waals surface area contributed by atoms with Crippen LogP contribution in [0.3, 0.4) is 0 Å². The summed E-state index contributed by atoms with van der Waals surface area (Å²) in [6.45, 7) is 6.06. The number of aliphatic hydroxyl groups is 1. The Morgan fingerprint density at radius 1 is 1.50 bits per heavy atom. The minimum absolute atomic E-state index is 0.750. The third-order valence-corrected chi connectivity index (χ3v) is 0. The standard InChI is InChI=1S/C2H5N.C2H4O/c2*1-2-3/h2H,1,3H2;2-3H,1H2. The van der Waals surface area contributed by atoms with E-state index in [1.54, 1.807) is 0 Å². The highest BCUT2D eigenvalue weighted by molar-refractivity contribution is 4.48.